The van der Waals surface area contributed by atoms with Gasteiger partial charge in [-0.25, -0.2) is 0 Å². The first kappa shape index (κ1) is 18.7. The summed E-state index contributed by atoms with van der Waals surface area (Å²) in [6.07, 6.45) is 4.31. The van der Waals surface area contributed by atoms with Crippen molar-refractivity contribution in [2.24, 2.45) is 17.8 Å². The van der Waals surface area contributed by atoms with Crippen molar-refractivity contribution in [3.05, 3.63) is 0 Å². The summed E-state index contributed by atoms with van der Waals surface area (Å²) in [4.78, 5) is 0. The van der Waals surface area contributed by atoms with Crippen LogP contribution < -0.4 is 0 Å². The van der Waals surface area contributed by atoms with Crippen molar-refractivity contribution < 1.29 is 0 Å². The molecule has 0 aromatic rings. The van der Waals surface area contributed by atoms with Gasteiger partial charge < -0.3 is 0 Å². The monoisotopic (exact) mass is 188 g/mol. The molecule has 1 aliphatic carbocycles. The zero-order chi connectivity index (χ0) is 8.85. The average Bonchev–Trinajstić information content (AvgIpc) is 2.07. The van der Waals surface area contributed by atoms with Crippen LogP contribution in [0.4, 0.5) is 0 Å². The molecule has 1 saturated carbocycles. The minimum absolute atomic E-state index is 0. The van der Waals surface area contributed by atoms with E-state index >= 15 is 0 Å². The Morgan fingerprint density at radius 2 is 1.23 bits per heavy atom. The molecule has 0 N–H and O–H groups in total. The summed E-state index contributed by atoms with van der Waals surface area (Å²) in [5.74, 6) is 3.16. The Morgan fingerprint density at radius 1 is 0.923 bits per heavy atom. The van der Waals surface area contributed by atoms with Crippen LogP contribution in [-0.2, 0) is 0 Å². The second kappa shape index (κ2) is 10.1. The molecule has 2 atom stereocenters. The Kier molecular flexibility index (Phi) is 14.5. The maximum absolute atomic E-state index is 2.41. The van der Waals surface area contributed by atoms with E-state index in [-0.39, 0.29) is 14.9 Å². The third kappa shape index (κ3) is 4.69. The molecular weight excluding hydrogens is 156 g/mol. The lowest BCUT2D eigenvalue weighted by molar-refractivity contribution is 0.0811. The van der Waals surface area contributed by atoms with Crippen molar-refractivity contribution in [2.75, 3.05) is 0 Å². The van der Waals surface area contributed by atoms with E-state index in [9.17, 15) is 0 Å². The SMILES string of the molecule is C.C.CC.CCC1CC(CC)C1C. The second-order valence-electron chi connectivity index (χ2n) is 3.43. The molecule has 0 heterocycles. The lowest BCUT2D eigenvalue weighted by Crippen LogP contribution is -2.33. The highest BCUT2D eigenvalue weighted by Gasteiger charge is 2.34. The van der Waals surface area contributed by atoms with Crippen LogP contribution in [0.3, 0.4) is 0 Å². The highest BCUT2D eigenvalue weighted by Crippen LogP contribution is 2.43. The van der Waals surface area contributed by atoms with Gasteiger partial charge in [-0.1, -0.05) is 62.3 Å². The van der Waals surface area contributed by atoms with Crippen LogP contribution in [0.25, 0.3) is 0 Å². The average molecular weight is 188 g/mol. The van der Waals surface area contributed by atoms with E-state index in [1.165, 1.54) is 19.3 Å². The third-order valence-electron chi connectivity index (χ3n) is 3.14. The molecule has 0 radical (unpaired) electrons. The summed E-state index contributed by atoms with van der Waals surface area (Å²) in [6.45, 7) is 11.0. The van der Waals surface area contributed by atoms with Crippen LogP contribution in [0.1, 0.15) is 68.7 Å². The largest absolute Gasteiger partial charge is 0.0776 e. The first-order valence-electron chi connectivity index (χ1n) is 5.29. The molecule has 0 aromatic heterocycles. The molecule has 0 aliphatic heterocycles. The molecule has 0 amide bonds. The maximum Gasteiger partial charge on any atom is -0.0386 e. The van der Waals surface area contributed by atoms with Crippen molar-refractivity contribution in [3.63, 3.8) is 0 Å². The van der Waals surface area contributed by atoms with E-state index < -0.39 is 0 Å². The lowest BCUT2D eigenvalue weighted by Gasteiger charge is -2.42. The molecule has 0 aromatic carbocycles. The van der Waals surface area contributed by atoms with Crippen LogP contribution in [0, 0.1) is 17.8 Å². The first-order chi connectivity index (χ1) is 5.29. The van der Waals surface area contributed by atoms with E-state index in [0.717, 1.165) is 17.8 Å². The van der Waals surface area contributed by atoms with Gasteiger partial charge in [0.2, 0.25) is 0 Å². The quantitative estimate of drug-likeness (QED) is 0.546. The van der Waals surface area contributed by atoms with Crippen molar-refractivity contribution in [3.8, 4) is 0 Å². The van der Waals surface area contributed by atoms with Gasteiger partial charge in [0.05, 0.1) is 0 Å². The van der Waals surface area contributed by atoms with Crippen molar-refractivity contribution in [2.45, 2.75) is 68.7 Å². The second-order valence-corrected chi connectivity index (χ2v) is 3.43. The fourth-order valence-corrected chi connectivity index (χ4v) is 2.08. The van der Waals surface area contributed by atoms with Gasteiger partial charge in [0.15, 0.2) is 0 Å². The van der Waals surface area contributed by atoms with Crippen molar-refractivity contribution in [1.29, 1.82) is 0 Å². The third-order valence-corrected chi connectivity index (χ3v) is 3.14. The van der Waals surface area contributed by atoms with Gasteiger partial charge in [-0.15, -0.1) is 0 Å². The molecule has 1 aliphatic rings. The van der Waals surface area contributed by atoms with Gasteiger partial charge >= 0.3 is 0 Å². The normalized spacial score (nSPS) is 29.8. The zero-order valence-electron chi connectivity index (χ0n) is 8.85. The summed E-state index contributed by atoms with van der Waals surface area (Å²) >= 11 is 0. The van der Waals surface area contributed by atoms with Crippen LogP contribution in [0.15, 0.2) is 0 Å². The van der Waals surface area contributed by atoms with Crippen molar-refractivity contribution in [1.82, 2.24) is 0 Å². The van der Waals surface area contributed by atoms with Crippen LogP contribution in [0.2, 0.25) is 0 Å². The van der Waals surface area contributed by atoms with Gasteiger partial charge in [0.1, 0.15) is 0 Å². The maximum atomic E-state index is 2.41. The highest BCUT2D eigenvalue weighted by molar-refractivity contribution is 4.84. The number of hydrogen-bond acceptors (Lipinski definition) is 0. The van der Waals surface area contributed by atoms with E-state index in [1.54, 1.807) is 0 Å². The Hall–Kier alpha value is 0. The van der Waals surface area contributed by atoms with Gasteiger partial charge in [-0.3, -0.25) is 0 Å². The van der Waals surface area contributed by atoms with Crippen molar-refractivity contribution >= 4 is 0 Å². The Balaban J connectivity index is -0.000000234. The standard InChI is InChI=1S/C9H18.C2H6.2CH4/c1-4-8-6-9(5-2)7(8)3;1-2;;/h7-9H,4-6H2,1-3H3;1-2H3;2*1H4. The fraction of sp³-hybridized carbons (Fsp3) is 1.00. The molecular formula is C13H32. The molecule has 0 heteroatoms. The van der Waals surface area contributed by atoms with Gasteiger partial charge in [0.25, 0.3) is 0 Å². The number of rotatable bonds is 2. The van der Waals surface area contributed by atoms with Gasteiger partial charge in [-0.05, 0) is 24.2 Å². The summed E-state index contributed by atoms with van der Waals surface area (Å²) in [7, 11) is 0. The first-order valence-corrected chi connectivity index (χ1v) is 5.29. The van der Waals surface area contributed by atoms with E-state index in [0.29, 0.717) is 0 Å². The topological polar surface area (TPSA) is 0 Å². The van der Waals surface area contributed by atoms with Crippen LogP contribution in [-0.4, -0.2) is 0 Å². The van der Waals surface area contributed by atoms with E-state index in [1.807, 2.05) is 13.8 Å². The number of hydrogen-bond donors (Lipinski definition) is 0. The summed E-state index contributed by atoms with van der Waals surface area (Å²) in [5, 5.41) is 0. The van der Waals surface area contributed by atoms with Crippen LogP contribution in [0.5, 0.6) is 0 Å². The summed E-state index contributed by atoms with van der Waals surface area (Å²) < 4.78 is 0. The lowest BCUT2D eigenvalue weighted by atomic mass is 9.64. The fourth-order valence-electron chi connectivity index (χ4n) is 2.08. The minimum atomic E-state index is 0. The van der Waals surface area contributed by atoms with Gasteiger partial charge in [-0.2, -0.15) is 0 Å². The minimum Gasteiger partial charge on any atom is -0.0776 e. The molecule has 2 unspecified atom stereocenters. The predicted octanol–water partition coefficient (Wildman–Crippen LogP) is 5.38. The highest BCUT2D eigenvalue weighted by atomic mass is 14.4. The molecule has 0 spiro atoms. The zero-order valence-corrected chi connectivity index (χ0v) is 8.85. The predicted molar refractivity (Wildman–Crippen MR) is 66.2 cm³/mol. The Labute approximate surface area is 87.1 Å². The molecule has 0 bridgehead atoms. The summed E-state index contributed by atoms with van der Waals surface area (Å²) in [5.41, 5.74) is 0. The molecule has 84 valence electrons. The van der Waals surface area contributed by atoms with Crippen LogP contribution >= 0.6 is 0 Å². The van der Waals surface area contributed by atoms with Gasteiger partial charge in [0, 0.05) is 0 Å². The molecule has 0 saturated heterocycles. The summed E-state index contributed by atoms with van der Waals surface area (Å²) in [6, 6.07) is 0. The Morgan fingerprint density at radius 3 is 1.38 bits per heavy atom. The molecule has 1 rings (SSSR count). The van der Waals surface area contributed by atoms with E-state index in [4.69, 9.17) is 0 Å². The molecule has 1 fully saturated rings. The smallest absolute Gasteiger partial charge is 0.0386 e. The van der Waals surface area contributed by atoms with E-state index in [2.05, 4.69) is 20.8 Å². The Bertz CT molecular complexity index is 76.0. The molecule has 0 nitrogen and oxygen atoms in total. The molecule has 13 heavy (non-hydrogen) atoms.